The molecule has 0 unspecified atom stereocenters. The van der Waals surface area contributed by atoms with Crippen LogP contribution in [0.1, 0.15) is 29.5 Å². The van der Waals surface area contributed by atoms with Gasteiger partial charge < -0.3 is 9.64 Å². The average molecular weight is 319 g/mol. The van der Waals surface area contributed by atoms with Crippen LogP contribution in [0.5, 0.6) is 0 Å². The molecule has 2 aromatic rings. The summed E-state index contributed by atoms with van der Waals surface area (Å²) in [5, 5.41) is 0. The predicted octanol–water partition coefficient (Wildman–Crippen LogP) is 3.75. The Labute approximate surface area is 142 Å². The highest BCUT2D eigenvalue weighted by Crippen LogP contribution is 2.43. The Morgan fingerprint density at radius 3 is 2.50 bits per heavy atom. The van der Waals surface area contributed by atoms with Crippen LogP contribution in [-0.2, 0) is 21.7 Å². The van der Waals surface area contributed by atoms with E-state index in [1.54, 1.807) is 6.08 Å². The van der Waals surface area contributed by atoms with Gasteiger partial charge in [0.05, 0.1) is 12.2 Å². The average Bonchev–Trinajstić information content (AvgIpc) is 3.00. The molecule has 2 heterocycles. The molecule has 24 heavy (non-hydrogen) atoms. The Hall–Kier alpha value is -2.39. The van der Waals surface area contributed by atoms with Crippen LogP contribution in [0.25, 0.3) is 6.08 Å². The molecule has 4 rings (SSSR count). The number of benzene rings is 2. The molecule has 1 fully saturated rings. The summed E-state index contributed by atoms with van der Waals surface area (Å²) in [6.45, 7) is 2.18. The fraction of sp³-hybridized carbons (Fsp3) is 0.286. The van der Waals surface area contributed by atoms with E-state index in [2.05, 4.69) is 24.3 Å². The highest BCUT2D eigenvalue weighted by atomic mass is 16.5. The standard InChI is InChI=1S/C21H21NO2/c23-20(11-10-17-6-2-1-3-7-17)22-14-12-21(13-15-22)19-9-5-4-8-18(19)16-24-21/h1-11H,12-16H2/b11-10+. The van der Waals surface area contributed by atoms with Crippen molar-refractivity contribution in [3.8, 4) is 0 Å². The van der Waals surface area contributed by atoms with E-state index in [1.807, 2.05) is 41.3 Å². The number of nitrogens with zero attached hydrogens (tertiary/aromatic N) is 1. The molecule has 3 nitrogen and oxygen atoms in total. The third-order valence-electron chi connectivity index (χ3n) is 5.11. The van der Waals surface area contributed by atoms with Crippen LogP contribution < -0.4 is 0 Å². The summed E-state index contributed by atoms with van der Waals surface area (Å²) in [6, 6.07) is 18.4. The molecule has 0 saturated carbocycles. The monoisotopic (exact) mass is 319 g/mol. The summed E-state index contributed by atoms with van der Waals surface area (Å²) in [5.41, 5.74) is 3.47. The molecule has 0 radical (unpaired) electrons. The first-order chi connectivity index (χ1) is 11.8. The van der Waals surface area contributed by atoms with Crippen molar-refractivity contribution < 1.29 is 9.53 Å². The first kappa shape index (κ1) is 15.2. The second-order valence-electron chi connectivity index (χ2n) is 6.51. The van der Waals surface area contributed by atoms with Crippen molar-refractivity contribution in [3.63, 3.8) is 0 Å². The number of carbonyl (C=O) groups is 1. The molecule has 122 valence electrons. The molecule has 1 amide bonds. The SMILES string of the molecule is O=C(/C=C/c1ccccc1)N1CCC2(CC1)OCc1ccccc12. The Kier molecular flexibility index (Phi) is 3.95. The summed E-state index contributed by atoms with van der Waals surface area (Å²) in [5.74, 6) is 0.0833. The van der Waals surface area contributed by atoms with Gasteiger partial charge in [0.15, 0.2) is 0 Å². The third kappa shape index (κ3) is 2.76. The molecule has 2 aromatic carbocycles. The topological polar surface area (TPSA) is 29.5 Å². The van der Waals surface area contributed by atoms with Crippen molar-refractivity contribution in [3.05, 3.63) is 77.4 Å². The number of amides is 1. The zero-order valence-electron chi connectivity index (χ0n) is 13.7. The number of ether oxygens (including phenoxy) is 1. The molecule has 3 heteroatoms. The van der Waals surface area contributed by atoms with Crippen molar-refractivity contribution in [1.29, 1.82) is 0 Å². The van der Waals surface area contributed by atoms with E-state index in [9.17, 15) is 4.79 Å². The second-order valence-corrected chi connectivity index (χ2v) is 6.51. The molecule has 1 saturated heterocycles. The minimum Gasteiger partial charge on any atom is -0.365 e. The maximum atomic E-state index is 12.4. The molecule has 2 aliphatic heterocycles. The van der Waals surface area contributed by atoms with Crippen LogP contribution in [0, 0.1) is 0 Å². The van der Waals surface area contributed by atoms with Crippen molar-refractivity contribution in [2.24, 2.45) is 0 Å². The lowest BCUT2D eigenvalue weighted by molar-refractivity contribution is -0.133. The van der Waals surface area contributed by atoms with Gasteiger partial charge in [0.1, 0.15) is 0 Å². The largest absolute Gasteiger partial charge is 0.365 e. The zero-order chi connectivity index (χ0) is 16.4. The van der Waals surface area contributed by atoms with Gasteiger partial charge in [-0.25, -0.2) is 0 Å². The number of hydrogen-bond acceptors (Lipinski definition) is 2. The lowest BCUT2D eigenvalue weighted by atomic mass is 9.84. The van der Waals surface area contributed by atoms with Gasteiger partial charge in [-0.05, 0) is 35.6 Å². The molecule has 0 atom stereocenters. The summed E-state index contributed by atoms with van der Waals surface area (Å²) < 4.78 is 6.15. The van der Waals surface area contributed by atoms with Crippen LogP contribution in [0.4, 0.5) is 0 Å². The number of rotatable bonds is 2. The lowest BCUT2D eigenvalue weighted by Crippen LogP contribution is -2.44. The Morgan fingerprint density at radius 2 is 1.71 bits per heavy atom. The van der Waals surface area contributed by atoms with E-state index >= 15 is 0 Å². The number of piperidine rings is 1. The van der Waals surface area contributed by atoms with Gasteiger partial charge in [-0.1, -0.05) is 54.6 Å². The predicted molar refractivity (Wildman–Crippen MR) is 94.2 cm³/mol. The van der Waals surface area contributed by atoms with Gasteiger partial charge in [-0.2, -0.15) is 0 Å². The summed E-state index contributed by atoms with van der Waals surface area (Å²) in [7, 11) is 0. The van der Waals surface area contributed by atoms with Crippen LogP contribution in [0.15, 0.2) is 60.7 Å². The maximum absolute atomic E-state index is 12.4. The zero-order valence-corrected chi connectivity index (χ0v) is 13.7. The van der Waals surface area contributed by atoms with Crippen LogP contribution in [0.3, 0.4) is 0 Å². The number of carbonyl (C=O) groups excluding carboxylic acids is 1. The Bertz CT molecular complexity index is 758. The number of likely N-dealkylation sites (tertiary alicyclic amines) is 1. The highest BCUT2D eigenvalue weighted by molar-refractivity contribution is 5.91. The van der Waals surface area contributed by atoms with E-state index in [0.29, 0.717) is 6.61 Å². The highest BCUT2D eigenvalue weighted by Gasteiger charge is 2.42. The summed E-state index contributed by atoms with van der Waals surface area (Å²) in [6.07, 6.45) is 5.30. The van der Waals surface area contributed by atoms with Gasteiger partial charge in [0.2, 0.25) is 5.91 Å². The summed E-state index contributed by atoms with van der Waals surface area (Å²) in [4.78, 5) is 14.3. The van der Waals surface area contributed by atoms with Gasteiger partial charge in [-0.15, -0.1) is 0 Å². The first-order valence-electron chi connectivity index (χ1n) is 8.51. The lowest BCUT2D eigenvalue weighted by Gasteiger charge is -2.39. The minimum absolute atomic E-state index is 0.0833. The third-order valence-corrected chi connectivity index (χ3v) is 5.11. The van der Waals surface area contributed by atoms with Gasteiger partial charge >= 0.3 is 0 Å². The van der Waals surface area contributed by atoms with E-state index < -0.39 is 0 Å². The van der Waals surface area contributed by atoms with E-state index in [-0.39, 0.29) is 11.5 Å². The summed E-state index contributed by atoms with van der Waals surface area (Å²) >= 11 is 0. The van der Waals surface area contributed by atoms with Gasteiger partial charge in [-0.3, -0.25) is 4.79 Å². The fourth-order valence-electron chi connectivity index (χ4n) is 3.72. The minimum atomic E-state index is -0.184. The quantitative estimate of drug-likeness (QED) is 0.789. The molecule has 0 N–H and O–H groups in total. The van der Waals surface area contributed by atoms with Crippen LogP contribution in [-0.4, -0.2) is 23.9 Å². The van der Waals surface area contributed by atoms with Crippen molar-refractivity contribution in [2.45, 2.75) is 25.0 Å². The maximum Gasteiger partial charge on any atom is 0.246 e. The van der Waals surface area contributed by atoms with Gasteiger partial charge in [0.25, 0.3) is 0 Å². The van der Waals surface area contributed by atoms with Crippen molar-refractivity contribution in [1.82, 2.24) is 4.90 Å². The first-order valence-corrected chi connectivity index (χ1v) is 8.51. The van der Waals surface area contributed by atoms with Crippen molar-refractivity contribution in [2.75, 3.05) is 13.1 Å². The number of fused-ring (bicyclic) bond motifs is 2. The van der Waals surface area contributed by atoms with Crippen molar-refractivity contribution >= 4 is 12.0 Å². The van der Waals surface area contributed by atoms with E-state index in [0.717, 1.165) is 31.5 Å². The Balaban J connectivity index is 1.42. The molecule has 2 aliphatic rings. The number of hydrogen-bond donors (Lipinski definition) is 0. The molecule has 0 aliphatic carbocycles. The molecule has 1 spiro atoms. The second kappa shape index (κ2) is 6.25. The molecule has 0 bridgehead atoms. The van der Waals surface area contributed by atoms with Crippen LogP contribution >= 0.6 is 0 Å². The fourth-order valence-corrected chi connectivity index (χ4v) is 3.72. The molecule has 0 aromatic heterocycles. The smallest absolute Gasteiger partial charge is 0.246 e. The van der Waals surface area contributed by atoms with Gasteiger partial charge in [0, 0.05) is 19.2 Å². The molecular weight excluding hydrogens is 298 g/mol. The van der Waals surface area contributed by atoms with E-state index in [1.165, 1.54) is 11.1 Å². The Morgan fingerprint density at radius 1 is 1.00 bits per heavy atom. The molecular formula is C21H21NO2. The van der Waals surface area contributed by atoms with E-state index in [4.69, 9.17) is 4.74 Å². The van der Waals surface area contributed by atoms with Crippen LogP contribution in [0.2, 0.25) is 0 Å². The normalized spacial score (nSPS) is 18.9.